The lowest BCUT2D eigenvalue weighted by Gasteiger charge is -2.20. The van der Waals surface area contributed by atoms with E-state index in [0.29, 0.717) is 11.8 Å². The summed E-state index contributed by atoms with van der Waals surface area (Å²) in [6, 6.07) is 8.13. The highest BCUT2D eigenvalue weighted by Crippen LogP contribution is 2.37. The zero-order valence-corrected chi connectivity index (χ0v) is 13.5. The summed E-state index contributed by atoms with van der Waals surface area (Å²) < 4.78 is 0. The quantitative estimate of drug-likeness (QED) is 0.909. The van der Waals surface area contributed by atoms with Crippen LogP contribution in [0, 0.1) is 11.8 Å². The fraction of sp³-hybridized carbons (Fsp3) is 0.562. The molecule has 3 unspecified atom stereocenters. The van der Waals surface area contributed by atoms with Crippen LogP contribution in [0.2, 0.25) is 0 Å². The number of nitrogens with zero attached hydrogens (tertiary/aromatic N) is 2. The molecule has 5 heteroatoms. The zero-order chi connectivity index (χ0) is 14.3. The molecule has 1 aromatic rings. The van der Waals surface area contributed by atoms with Crippen molar-refractivity contribution in [3.63, 3.8) is 0 Å². The third-order valence-electron chi connectivity index (χ3n) is 4.81. The van der Waals surface area contributed by atoms with Gasteiger partial charge in [0.15, 0.2) is 0 Å². The van der Waals surface area contributed by atoms with Gasteiger partial charge in [0.25, 0.3) is 5.91 Å². The van der Waals surface area contributed by atoms with Gasteiger partial charge in [-0.3, -0.25) is 4.79 Å². The third kappa shape index (κ3) is 3.01. The predicted octanol–water partition coefficient (Wildman–Crippen LogP) is 1.98. The largest absolute Gasteiger partial charge is 0.378 e. The Bertz CT molecular complexity index is 520. The van der Waals surface area contributed by atoms with Gasteiger partial charge in [0, 0.05) is 44.5 Å². The van der Waals surface area contributed by atoms with E-state index in [1.165, 1.54) is 6.42 Å². The molecule has 0 aromatic heterocycles. The summed E-state index contributed by atoms with van der Waals surface area (Å²) in [6.07, 6.45) is 2.29. The number of likely N-dealkylation sites (tertiary alicyclic amines) is 1. The van der Waals surface area contributed by atoms with E-state index in [1.54, 1.807) is 0 Å². The molecule has 3 atom stereocenters. The molecule has 4 nitrogen and oxygen atoms in total. The van der Waals surface area contributed by atoms with Crippen molar-refractivity contribution in [2.24, 2.45) is 17.6 Å². The number of rotatable bonds is 2. The van der Waals surface area contributed by atoms with E-state index in [0.717, 1.165) is 30.8 Å². The van der Waals surface area contributed by atoms with Gasteiger partial charge >= 0.3 is 0 Å². The number of hydrogen-bond donors (Lipinski definition) is 1. The maximum Gasteiger partial charge on any atom is 0.253 e. The van der Waals surface area contributed by atoms with E-state index in [-0.39, 0.29) is 24.4 Å². The van der Waals surface area contributed by atoms with E-state index in [2.05, 4.69) is 0 Å². The third-order valence-corrected chi connectivity index (χ3v) is 4.81. The van der Waals surface area contributed by atoms with Crippen molar-refractivity contribution in [2.45, 2.75) is 18.9 Å². The van der Waals surface area contributed by atoms with Crippen molar-refractivity contribution < 1.29 is 4.79 Å². The number of amides is 1. The second kappa shape index (κ2) is 6.24. The van der Waals surface area contributed by atoms with Crippen LogP contribution >= 0.6 is 12.4 Å². The van der Waals surface area contributed by atoms with Gasteiger partial charge < -0.3 is 15.5 Å². The standard InChI is InChI=1S/C16H23N3O.ClH/c1-18(2)13-5-3-4-11(8-13)16(20)19-9-12-6-7-15(17)14(12)10-19;/h3-5,8,12,14-15H,6-7,9-10,17H2,1-2H3;1H. The molecule has 1 amide bonds. The summed E-state index contributed by atoms with van der Waals surface area (Å²) in [4.78, 5) is 16.6. The second-order valence-electron chi connectivity index (χ2n) is 6.32. The van der Waals surface area contributed by atoms with Gasteiger partial charge in [-0.15, -0.1) is 12.4 Å². The summed E-state index contributed by atoms with van der Waals surface area (Å²) in [6.45, 7) is 1.71. The molecule has 1 heterocycles. The van der Waals surface area contributed by atoms with Crippen LogP contribution in [0.25, 0.3) is 0 Å². The molecule has 1 saturated heterocycles. The predicted molar refractivity (Wildman–Crippen MR) is 88.1 cm³/mol. The monoisotopic (exact) mass is 309 g/mol. The van der Waals surface area contributed by atoms with E-state index in [9.17, 15) is 4.79 Å². The highest BCUT2D eigenvalue weighted by atomic mass is 35.5. The van der Waals surface area contributed by atoms with Gasteiger partial charge in [-0.2, -0.15) is 0 Å². The average molecular weight is 310 g/mol. The minimum Gasteiger partial charge on any atom is -0.378 e. The molecule has 1 saturated carbocycles. The van der Waals surface area contributed by atoms with Crippen molar-refractivity contribution in [2.75, 3.05) is 32.1 Å². The lowest BCUT2D eigenvalue weighted by atomic mass is 9.98. The fourth-order valence-electron chi connectivity index (χ4n) is 3.57. The van der Waals surface area contributed by atoms with Gasteiger partial charge in [0.2, 0.25) is 0 Å². The fourth-order valence-corrected chi connectivity index (χ4v) is 3.57. The Morgan fingerprint density at radius 3 is 2.71 bits per heavy atom. The Labute approximate surface area is 132 Å². The molecule has 3 rings (SSSR count). The van der Waals surface area contributed by atoms with Crippen molar-refractivity contribution >= 4 is 24.0 Å². The molecule has 1 aliphatic carbocycles. The van der Waals surface area contributed by atoms with Crippen LogP contribution in [0.3, 0.4) is 0 Å². The average Bonchev–Trinajstić information content (AvgIpc) is 3.01. The topological polar surface area (TPSA) is 49.6 Å². The number of fused-ring (bicyclic) bond motifs is 1. The highest BCUT2D eigenvalue weighted by molar-refractivity contribution is 5.95. The summed E-state index contributed by atoms with van der Waals surface area (Å²) >= 11 is 0. The molecule has 1 aromatic carbocycles. The summed E-state index contributed by atoms with van der Waals surface area (Å²) in [7, 11) is 3.98. The normalized spacial score (nSPS) is 27.2. The van der Waals surface area contributed by atoms with Crippen molar-refractivity contribution in [3.05, 3.63) is 29.8 Å². The van der Waals surface area contributed by atoms with Crippen LogP contribution in [0.1, 0.15) is 23.2 Å². The van der Waals surface area contributed by atoms with E-state index in [4.69, 9.17) is 5.73 Å². The van der Waals surface area contributed by atoms with Gasteiger partial charge in [-0.05, 0) is 42.9 Å². The Hall–Kier alpha value is -1.26. The number of hydrogen-bond acceptors (Lipinski definition) is 3. The Balaban J connectivity index is 0.00000161. The number of carbonyl (C=O) groups excluding carboxylic acids is 1. The molecule has 21 heavy (non-hydrogen) atoms. The van der Waals surface area contributed by atoms with Gasteiger partial charge in [-0.25, -0.2) is 0 Å². The van der Waals surface area contributed by atoms with Crippen LogP contribution in [0.5, 0.6) is 0 Å². The summed E-state index contributed by atoms with van der Waals surface area (Å²) in [5.41, 5.74) is 7.98. The first-order valence-electron chi connectivity index (χ1n) is 7.38. The summed E-state index contributed by atoms with van der Waals surface area (Å²) in [5.74, 6) is 1.28. The van der Waals surface area contributed by atoms with Crippen LogP contribution in [-0.4, -0.2) is 44.0 Å². The van der Waals surface area contributed by atoms with Crippen molar-refractivity contribution in [1.29, 1.82) is 0 Å². The van der Waals surface area contributed by atoms with Gasteiger partial charge in [-0.1, -0.05) is 6.07 Å². The lowest BCUT2D eigenvalue weighted by Crippen LogP contribution is -2.33. The van der Waals surface area contributed by atoms with E-state index in [1.807, 2.05) is 48.2 Å². The van der Waals surface area contributed by atoms with Crippen LogP contribution in [-0.2, 0) is 0 Å². The molecule has 2 aliphatic rings. The molecule has 0 bridgehead atoms. The number of halogens is 1. The van der Waals surface area contributed by atoms with Crippen molar-refractivity contribution in [1.82, 2.24) is 4.90 Å². The number of nitrogens with two attached hydrogens (primary N) is 1. The maximum absolute atomic E-state index is 12.6. The van der Waals surface area contributed by atoms with Crippen LogP contribution < -0.4 is 10.6 Å². The molecular weight excluding hydrogens is 286 g/mol. The Kier molecular flexibility index (Phi) is 4.79. The molecule has 1 aliphatic heterocycles. The lowest BCUT2D eigenvalue weighted by molar-refractivity contribution is 0.0779. The smallest absolute Gasteiger partial charge is 0.253 e. The number of anilines is 1. The highest BCUT2D eigenvalue weighted by Gasteiger charge is 2.42. The zero-order valence-electron chi connectivity index (χ0n) is 12.7. The second-order valence-corrected chi connectivity index (χ2v) is 6.32. The summed E-state index contributed by atoms with van der Waals surface area (Å²) in [5, 5.41) is 0. The first kappa shape index (κ1) is 16.1. The van der Waals surface area contributed by atoms with Gasteiger partial charge in [0.1, 0.15) is 0 Å². The number of carbonyl (C=O) groups is 1. The Morgan fingerprint density at radius 2 is 2.05 bits per heavy atom. The number of benzene rings is 1. The first-order chi connectivity index (χ1) is 9.56. The first-order valence-corrected chi connectivity index (χ1v) is 7.38. The molecule has 0 radical (unpaired) electrons. The van der Waals surface area contributed by atoms with Gasteiger partial charge in [0.05, 0.1) is 0 Å². The van der Waals surface area contributed by atoms with Crippen molar-refractivity contribution in [3.8, 4) is 0 Å². The molecular formula is C16H24ClN3O. The van der Waals surface area contributed by atoms with E-state index < -0.39 is 0 Å². The SMILES string of the molecule is CN(C)c1cccc(C(=O)N2CC3CCC(N)C3C2)c1.Cl. The minimum atomic E-state index is 0. The van der Waals surface area contributed by atoms with E-state index >= 15 is 0 Å². The Morgan fingerprint density at radius 1 is 1.29 bits per heavy atom. The molecule has 2 fully saturated rings. The molecule has 0 spiro atoms. The molecule has 116 valence electrons. The van der Waals surface area contributed by atoms with Crippen LogP contribution in [0.15, 0.2) is 24.3 Å². The minimum absolute atomic E-state index is 0. The maximum atomic E-state index is 12.6. The van der Waals surface area contributed by atoms with Crippen LogP contribution in [0.4, 0.5) is 5.69 Å². The molecule has 2 N–H and O–H groups in total.